The quantitative estimate of drug-likeness (QED) is 0.529. The molecule has 1 aromatic carbocycles. The van der Waals surface area contributed by atoms with Crippen LogP contribution in [0.15, 0.2) is 39.8 Å². The molecule has 0 saturated carbocycles. The van der Waals surface area contributed by atoms with E-state index in [0.717, 1.165) is 36.1 Å². The molecule has 0 fully saturated rings. The van der Waals surface area contributed by atoms with Crippen molar-refractivity contribution in [2.75, 3.05) is 13.2 Å². The topological polar surface area (TPSA) is 71.7 Å². The Morgan fingerprint density at radius 2 is 1.88 bits per heavy atom. The van der Waals surface area contributed by atoms with Crippen molar-refractivity contribution >= 4 is 5.96 Å². The lowest BCUT2D eigenvalue weighted by Crippen LogP contribution is -2.36. The molecule has 0 atom stereocenters. The van der Waals surface area contributed by atoms with Crippen molar-refractivity contribution in [2.45, 2.75) is 53.3 Å². The highest BCUT2D eigenvalue weighted by Crippen LogP contribution is 2.13. The third kappa shape index (κ3) is 6.52. The molecule has 2 aromatic rings. The minimum atomic E-state index is 0.361. The molecule has 6 heteroatoms. The summed E-state index contributed by atoms with van der Waals surface area (Å²) in [5.41, 5.74) is 3.30. The number of ether oxygens (including phenoxy) is 1. The van der Waals surface area contributed by atoms with E-state index in [1.165, 1.54) is 5.56 Å². The first-order valence-electron chi connectivity index (χ1n) is 9.25. The van der Waals surface area contributed by atoms with Crippen LogP contribution in [-0.4, -0.2) is 24.3 Å². The van der Waals surface area contributed by atoms with E-state index in [1.54, 1.807) is 0 Å². The van der Waals surface area contributed by atoms with E-state index in [0.29, 0.717) is 25.6 Å². The van der Waals surface area contributed by atoms with Crippen molar-refractivity contribution in [3.05, 3.63) is 52.9 Å². The van der Waals surface area contributed by atoms with Crippen molar-refractivity contribution in [1.82, 2.24) is 15.8 Å². The fourth-order valence-electron chi connectivity index (χ4n) is 2.33. The predicted molar refractivity (Wildman–Crippen MR) is 104 cm³/mol. The van der Waals surface area contributed by atoms with Gasteiger partial charge in [-0.3, -0.25) is 0 Å². The molecular formula is C20H30N4O2. The maximum Gasteiger partial charge on any atom is 0.191 e. The standard InChI is InChI=1S/C20H30N4O2/c1-5-21-20(23-13-18-11-19(15(3)4)24-26-18)22-12-16-7-9-17(10-8-16)14-25-6-2/h7-11,15H,5-6,12-14H2,1-4H3,(H2,21,22,23). The molecule has 142 valence electrons. The molecule has 0 aliphatic rings. The van der Waals surface area contributed by atoms with Gasteiger partial charge in [-0.2, -0.15) is 0 Å². The zero-order chi connectivity index (χ0) is 18.8. The number of hydrogen-bond donors (Lipinski definition) is 2. The van der Waals surface area contributed by atoms with Gasteiger partial charge in [-0.25, -0.2) is 4.99 Å². The molecule has 0 aliphatic carbocycles. The molecule has 2 N–H and O–H groups in total. The van der Waals surface area contributed by atoms with Crippen molar-refractivity contribution in [1.29, 1.82) is 0 Å². The van der Waals surface area contributed by atoms with Gasteiger partial charge in [-0.05, 0) is 30.9 Å². The van der Waals surface area contributed by atoms with Gasteiger partial charge >= 0.3 is 0 Å². The second-order valence-electron chi connectivity index (χ2n) is 6.38. The summed E-state index contributed by atoms with van der Waals surface area (Å²) in [6.07, 6.45) is 0. The summed E-state index contributed by atoms with van der Waals surface area (Å²) in [5.74, 6) is 1.92. The van der Waals surface area contributed by atoms with E-state index in [2.05, 4.69) is 58.9 Å². The second kappa shape index (κ2) is 10.6. The summed E-state index contributed by atoms with van der Waals surface area (Å²) in [7, 11) is 0. The Kier molecular flexibility index (Phi) is 8.15. The summed E-state index contributed by atoms with van der Waals surface area (Å²) < 4.78 is 10.8. The van der Waals surface area contributed by atoms with Gasteiger partial charge in [0.25, 0.3) is 0 Å². The van der Waals surface area contributed by atoms with Crippen LogP contribution < -0.4 is 10.6 Å². The molecule has 0 bridgehead atoms. The Balaban J connectivity index is 1.90. The summed E-state index contributed by atoms with van der Waals surface area (Å²) in [6.45, 7) is 11.6. The largest absolute Gasteiger partial charge is 0.377 e. The molecular weight excluding hydrogens is 328 g/mol. The summed E-state index contributed by atoms with van der Waals surface area (Å²) >= 11 is 0. The first-order chi connectivity index (χ1) is 12.6. The first kappa shape index (κ1) is 20.0. The Hall–Kier alpha value is -2.34. The number of benzene rings is 1. The average molecular weight is 358 g/mol. The van der Waals surface area contributed by atoms with Crippen LogP contribution in [0.2, 0.25) is 0 Å². The zero-order valence-electron chi connectivity index (χ0n) is 16.2. The molecule has 0 unspecified atom stereocenters. The van der Waals surface area contributed by atoms with E-state index in [1.807, 2.05) is 19.9 Å². The molecule has 2 rings (SSSR count). The number of aliphatic imine (C=N–C) groups is 1. The molecule has 26 heavy (non-hydrogen) atoms. The molecule has 6 nitrogen and oxygen atoms in total. The van der Waals surface area contributed by atoms with Crippen molar-refractivity contribution in [3.8, 4) is 0 Å². The van der Waals surface area contributed by atoms with Crippen LogP contribution >= 0.6 is 0 Å². The Bertz CT molecular complexity index is 677. The van der Waals surface area contributed by atoms with Crippen LogP contribution in [0.25, 0.3) is 0 Å². The van der Waals surface area contributed by atoms with E-state index in [9.17, 15) is 0 Å². The minimum absolute atomic E-state index is 0.361. The number of aromatic nitrogens is 1. The second-order valence-corrected chi connectivity index (χ2v) is 6.38. The van der Waals surface area contributed by atoms with Crippen molar-refractivity contribution in [3.63, 3.8) is 0 Å². The molecule has 0 spiro atoms. The predicted octanol–water partition coefficient (Wildman–Crippen LogP) is 3.59. The lowest BCUT2D eigenvalue weighted by atomic mass is 10.1. The Morgan fingerprint density at radius 1 is 1.15 bits per heavy atom. The highest BCUT2D eigenvalue weighted by molar-refractivity contribution is 5.79. The number of nitrogens with one attached hydrogen (secondary N) is 2. The number of hydrogen-bond acceptors (Lipinski definition) is 4. The SMILES string of the molecule is CCNC(=NCc1ccc(COCC)cc1)NCc1cc(C(C)C)no1. The highest BCUT2D eigenvalue weighted by atomic mass is 16.5. The molecule has 0 saturated heterocycles. The molecule has 0 amide bonds. The lowest BCUT2D eigenvalue weighted by Gasteiger charge is -2.10. The fraction of sp³-hybridized carbons (Fsp3) is 0.500. The number of rotatable bonds is 9. The van der Waals surface area contributed by atoms with Gasteiger partial charge in [0.15, 0.2) is 11.7 Å². The van der Waals surface area contributed by atoms with Gasteiger partial charge in [-0.15, -0.1) is 0 Å². The van der Waals surface area contributed by atoms with E-state index >= 15 is 0 Å². The van der Waals surface area contributed by atoms with Gasteiger partial charge in [0, 0.05) is 19.2 Å². The highest BCUT2D eigenvalue weighted by Gasteiger charge is 2.08. The van der Waals surface area contributed by atoms with Gasteiger partial charge < -0.3 is 19.9 Å². The third-order valence-electron chi connectivity index (χ3n) is 3.86. The Morgan fingerprint density at radius 3 is 2.50 bits per heavy atom. The average Bonchev–Trinajstić information content (AvgIpc) is 3.12. The van der Waals surface area contributed by atoms with E-state index in [4.69, 9.17) is 9.26 Å². The van der Waals surface area contributed by atoms with Gasteiger partial charge in [0.1, 0.15) is 0 Å². The van der Waals surface area contributed by atoms with E-state index in [-0.39, 0.29) is 0 Å². The van der Waals surface area contributed by atoms with Crippen LogP contribution in [-0.2, 0) is 24.4 Å². The van der Waals surface area contributed by atoms with Gasteiger partial charge in [0.2, 0.25) is 0 Å². The van der Waals surface area contributed by atoms with Crippen LogP contribution in [0, 0.1) is 0 Å². The maximum absolute atomic E-state index is 5.42. The summed E-state index contributed by atoms with van der Waals surface area (Å²) in [5, 5.41) is 10.6. The van der Waals surface area contributed by atoms with Crippen LogP contribution in [0.3, 0.4) is 0 Å². The maximum atomic E-state index is 5.42. The minimum Gasteiger partial charge on any atom is -0.377 e. The van der Waals surface area contributed by atoms with Crippen molar-refractivity contribution < 1.29 is 9.26 Å². The Labute approximate surface area is 156 Å². The van der Waals surface area contributed by atoms with Crippen LogP contribution in [0.4, 0.5) is 0 Å². The molecule has 0 aliphatic heterocycles. The number of nitrogens with zero attached hydrogens (tertiary/aromatic N) is 2. The molecule has 1 heterocycles. The van der Waals surface area contributed by atoms with Crippen LogP contribution in [0.1, 0.15) is 56.2 Å². The van der Waals surface area contributed by atoms with Crippen LogP contribution in [0.5, 0.6) is 0 Å². The third-order valence-corrected chi connectivity index (χ3v) is 3.86. The number of guanidine groups is 1. The normalized spacial score (nSPS) is 11.8. The molecule has 1 aromatic heterocycles. The molecule has 0 radical (unpaired) electrons. The summed E-state index contributed by atoms with van der Waals surface area (Å²) in [4.78, 5) is 4.63. The van der Waals surface area contributed by atoms with E-state index < -0.39 is 0 Å². The monoisotopic (exact) mass is 358 g/mol. The lowest BCUT2D eigenvalue weighted by molar-refractivity contribution is 0.134. The fourth-order valence-corrected chi connectivity index (χ4v) is 2.33. The summed E-state index contributed by atoms with van der Waals surface area (Å²) in [6, 6.07) is 10.3. The van der Waals surface area contributed by atoms with Crippen molar-refractivity contribution in [2.24, 2.45) is 4.99 Å². The zero-order valence-corrected chi connectivity index (χ0v) is 16.2. The van der Waals surface area contributed by atoms with Gasteiger partial charge in [-0.1, -0.05) is 43.3 Å². The first-order valence-corrected chi connectivity index (χ1v) is 9.25. The smallest absolute Gasteiger partial charge is 0.191 e. The van der Waals surface area contributed by atoms with Gasteiger partial charge in [0.05, 0.1) is 25.4 Å².